The smallest absolute Gasteiger partial charge is 0.0540 e. The quantitative estimate of drug-likeness (QED) is 0.454. The summed E-state index contributed by atoms with van der Waals surface area (Å²) in [6.07, 6.45) is 6.34. The lowest BCUT2D eigenvalue weighted by molar-refractivity contribution is -0.275. The fraction of sp³-hybridized carbons (Fsp3) is 1.00. The molecule has 5 unspecified atom stereocenters. The maximum absolute atomic E-state index is 2.57. The SMILES string of the molecule is BC12CCC1C1C3CCC3[C@H]12. The molecule has 0 N–H and O–H groups in total. The first-order chi connectivity index (χ1) is 5.32. The molecule has 0 spiro atoms. The van der Waals surface area contributed by atoms with Gasteiger partial charge >= 0.3 is 0 Å². The Balaban J connectivity index is 1.72. The van der Waals surface area contributed by atoms with Gasteiger partial charge in [0.15, 0.2) is 0 Å². The normalized spacial score (nSPS) is 75.5. The zero-order valence-electron chi connectivity index (χ0n) is 7.22. The first-order valence-electron chi connectivity index (χ1n) is 5.32. The van der Waals surface area contributed by atoms with Crippen molar-refractivity contribution in [3.63, 3.8) is 0 Å². The summed E-state index contributed by atoms with van der Waals surface area (Å²) < 4.78 is 0. The van der Waals surface area contributed by atoms with E-state index < -0.39 is 0 Å². The van der Waals surface area contributed by atoms with Crippen molar-refractivity contribution in [1.29, 1.82) is 0 Å². The van der Waals surface area contributed by atoms with E-state index in [0.29, 0.717) is 0 Å². The Morgan fingerprint density at radius 3 is 2.36 bits per heavy atom. The van der Waals surface area contributed by atoms with Crippen LogP contribution in [0.15, 0.2) is 0 Å². The van der Waals surface area contributed by atoms with Gasteiger partial charge in [-0.25, -0.2) is 0 Å². The molecule has 0 radical (unpaired) electrons. The molecule has 0 amide bonds. The molecule has 4 aliphatic rings. The van der Waals surface area contributed by atoms with Crippen molar-refractivity contribution in [2.45, 2.75) is 31.0 Å². The van der Waals surface area contributed by atoms with Gasteiger partial charge in [-0.3, -0.25) is 0 Å². The standard InChI is InChI=1S/C10H15B/c11-10-4-3-7(10)8-5-1-2-6(5)9(8)10/h5-9H,1-4,11H2/t5?,6?,7?,8?,9-,10?/m1/s1. The molecular formula is C10H15B. The van der Waals surface area contributed by atoms with Gasteiger partial charge in [-0.05, 0) is 42.4 Å². The van der Waals surface area contributed by atoms with E-state index in [0.717, 1.165) is 5.31 Å². The van der Waals surface area contributed by atoms with Crippen LogP contribution in [-0.4, -0.2) is 7.85 Å². The van der Waals surface area contributed by atoms with Gasteiger partial charge in [-0.1, -0.05) is 18.2 Å². The van der Waals surface area contributed by atoms with Crippen LogP contribution in [0.1, 0.15) is 25.7 Å². The summed E-state index contributed by atoms with van der Waals surface area (Å²) in [4.78, 5) is 0. The third-order valence-electron chi connectivity index (χ3n) is 5.82. The van der Waals surface area contributed by atoms with Gasteiger partial charge < -0.3 is 0 Å². The van der Waals surface area contributed by atoms with E-state index in [1.54, 1.807) is 25.7 Å². The largest absolute Gasteiger partial charge is 0.110 e. The first kappa shape index (κ1) is 5.67. The van der Waals surface area contributed by atoms with Crippen molar-refractivity contribution in [3.8, 4) is 0 Å². The van der Waals surface area contributed by atoms with Crippen LogP contribution in [-0.2, 0) is 0 Å². The fourth-order valence-electron chi connectivity index (χ4n) is 5.05. The van der Waals surface area contributed by atoms with Crippen LogP contribution in [0.25, 0.3) is 0 Å². The van der Waals surface area contributed by atoms with Crippen molar-refractivity contribution in [2.24, 2.45) is 29.6 Å². The van der Waals surface area contributed by atoms with Gasteiger partial charge in [0.25, 0.3) is 0 Å². The molecular weight excluding hydrogens is 131 g/mol. The third-order valence-corrected chi connectivity index (χ3v) is 5.82. The van der Waals surface area contributed by atoms with Crippen molar-refractivity contribution < 1.29 is 0 Å². The van der Waals surface area contributed by atoms with E-state index in [1.165, 1.54) is 29.6 Å². The molecule has 4 fully saturated rings. The Labute approximate surface area is 69.2 Å². The Morgan fingerprint density at radius 1 is 1.09 bits per heavy atom. The van der Waals surface area contributed by atoms with Crippen molar-refractivity contribution in [2.75, 3.05) is 0 Å². The molecule has 11 heavy (non-hydrogen) atoms. The molecule has 4 aliphatic carbocycles. The van der Waals surface area contributed by atoms with E-state index >= 15 is 0 Å². The average Bonchev–Trinajstić information content (AvgIpc) is 1.94. The van der Waals surface area contributed by atoms with E-state index in [9.17, 15) is 0 Å². The zero-order valence-corrected chi connectivity index (χ0v) is 7.22. The minimum absolute atomic E-state index is 0.881. The highest BCUT2D eigenvalue weighted by Crippen LogP contribution is 2.85. The van der Waals surface area contributed by atoms with E-state index in [1.807, 2.05) is 0 Å². The van der Waals surface area contributed by atoms with E-state index in [4.69, 9.17) is 0 Å². The topological polar surface area (TPSA) is 0 Å². The molecule has 0 nitrogen and oxygen atoms in total. The monoisotopic (exact) mass is 146 g/mol. The molecule has 0 saturated heterocycles. The molecule has 0 aromatic rings. The van der Waals surface area contributed by atoms with Gasteiger partial charge in [-0.2, -0.15) is 0 Å². The van der Waals surface area contributed by atoms with E-state index in [-0.39, 0.29) is 0 Å². The van der Waals surface area contributed by atoms with Gasteiger partial charge in [0.05, 0.1) is 0 Å². The maximum atomic E-state index is 2.57. The molecule has 0 heterocycles. The van der Waals surface area contributed by atoms with E-state index in [2.05, 4.69) is 7.85 Å². The second-order valence-corrected chi connectivity index (χ2v) is 5.66. The second-order valence-electron chi connectivity index (χ2n) is 5.66. The summed E-state index contributed by atoms with van der Waals surface area (Å²) in [5.41, 5.74) is 0. The average molecular weight is 146 g/mol. The van der Waals surface area contributed by atoms with Gasteiger partial charge in [0.2, 0.25) is 0 Å². The molecule has 1 heteroatoms. The lowest BCUT2D eigenvalue weighted by atomic mass is 9.18. The molecule has 0 bridgehead atoms. The molecule has 58 valence electrons. The summed E-state index contributed by atoms with van der Waals surface area (Å²) >= 11 is 0. The summed E-state index contributed by atoms with van der Waals surface area (Å²) in [6.45, 7) is 0. The Kier molecular flexibility index (Phi) is 0.678. The van der Waals surface area contributed by atoms with Crippen LogP contribution in [0.3, 0.4) is 0 Å². The highest BCUT2D eigenvalue weighted by molar-refractivity contribution is 6.17. The number of fused-ring (bicyclic) bond motifs is 7. The zero-order chi connectivity index (χ0) is 7.22. The van der Waals surface area contributed by atoms with Crippen LogP contribution in [0.2, 0.25) is 5.31 Å². The number of hydrogen-bond donors (Lipinski definition) is 0. The lowest BCUT2D eigenvalue weighted by Crippen LogP contribution is -2.74. The minimum atomic E-state index is 0.881. The molecule has 4 saturated carbocycles. The number of hydrogen-bond acceptors (Lipinski definition) is 0. The Bertz CT molecular complexity index is 237. The summed E-state index contributed by atoms with van der Waals surface area (Å²) in [6, 6.07) is 0. The lowest BCUT2D eigenvalue weighted by Gasteiger charge is -2.82. The molecule has 0 aromatic heterocycles. The van der Waals surface area contributed by atoms with Crippen molar-refractivity contribution >= 4 is 7.85 Å². The van der Waals surface area contributed by atoms with Crippen molar-refractivity contribution in [1.82, 2.24) is 0 Å². The highest BCUT2D eigenvalue weighted by Gasteiger charge is 2.75. The second kappa shape index (κ2) is 1.32. The summed E-state index contributed by atoms with van der Waals surface area (Å²) in [5.74, 6) is 6.13. The molecule has 0 aromatic carbocycles. The summed E-state index contributed by atoms with van der Waals surface area (Å²) in [5, 5.41) is 0.881. The highest BCUT2D eigenvalue weighted by atomic mass is 14.8. The molecule has 0 aliphatic heterocycles. The Hall–Kier alpha value is 0.0649. The van der Waals surface area contributed by atoms with Gasteiger partial charge in [0, 0.05) is 0 Å². The third kappa shape index (κ3) is 0.353. The predicted molar refractivity (Wildman–Crippen MR) is 47.2 cm³/mol. The van der Waals surface area contributed by atoms with Crippen LogP contribution in [0.5, 0.6) is 0 Å². The number of rotatable bonds is 0. The fourth-order valence-corrected chi connectivity index (χ4v) is 5.05. The first-order valence-corrected chi connectivity index (χ1v) is 5.32. The molecule has 6 atom stereocenters. The van der Waals surface area contributed by atoms with Crippen LogP contribution in [0, 0.1) is 29.6 Å². The van der Waals surface area contributed by atoms with Gasteiger partial charge in [-0.15, -0.1) is 0 Å². The summed E-state index contributed by atoms with van der Waals surface area (Å²) in [7, 11) is 2.57. The van der Waals surface area contributed by atoms with Crippen LogP contribution in [0.4, 0.5) is 0 Å². The van der Waals surface area contributed by atoms with Crippen LogP contribution < -0.4 is 0 Å². The molecule has 4 rings (SSSR count). The van der Waals surface area contributed by atoms with Gasteiger partial charge in [0.1, 0.15) is 7.85 Å². The minimum Gasteiger partial charge on any atom is -0.0540 e. The maximum Gasteiger partial charge on any atom is 0.110 e. The predicted octanol–water partition coefficient (Wildman–Crippen LogP) is 1.47. The Morgan fingerprint density at radius 2 is 1.91 bits per heavy atom. The van der Waals surface area contributed by atoms with Crippen LogP contribution >= 0.6 is 0 Å². The van der Waals surface area contributed by atoms with Crippen molar-refractivity contribution in [3.05, 3.63) is 0 Å².